The molecule has 142 valence electrons. The maximum Gasteiger partial charge on any atom is 0.278 e. The molecule has 29 heavy (non-hydrogen) atoms. The smallest absolute Gasteiger partial charge is 0.278 e. The Bertz CT molecular complexity index is 1420. The van der Waals surface area contributed by atoms with Crippen molar-refractivity contribution in [3.63, 3.8) is 0 Å². The molecule has 0 saturated carbocycles. The molecule has 1 amide bonds. The van der Waals surface area contributed by atoms with Crippen LogP contribution in [-0.4, -0.2) is 30.9 Å². The highest BCUT2D eigenvalue weighted by molar-refractivity contribution is 7.14. The third kappa shape index (κ3) is 3.17. The van der Waals surface area contributed by atoms with E-state index in [2.05, 4.69) is 25.6 Å². The Morgan fingerprint density at radius 1 is 1.10 bits per heavy atom. The van der Waals surface area contributed by atoms with Crippen LogP contribution in [0.2, 0.25) is 0 Å². The molecule has 8 nitrogen and oxygen atoms in total. The number of benzene rings is 2. The van der Waals surface area contributed by atoms with Gasteiger partial charge in [-0.05, 0) is 18.2 Å². The fourth-order valence-electron chi connectivity index (χ4n) is 3.16. The van der Waals surface area contributed by atoms with Crippen molar-refractivity contribution >= 4 is 44.2 Å². The van der Waals surface area contributed by atoms with Gasteiger partial charge in [-0.1, -0.05) is 35.5 Å². The summed E-state index contributed by atoms with van der Waals surface area (Å²) < 4.78 is 1.05. The van der Waals surface area contributed by atoms with Gasteiger partial charge >= 0.3 is 0 Å². The second-order valence-electron chi connectivity index (χ2n) is 6.40. The first-order valence-corrected chi connectivity index (χ1v) is 9.71. The number of aromatic amines is 1. The standard InChI is InChI=1S/C20H14N6O2S/c27-18(10-26-19(28)13-6-2-4-8-16(13)24-25-26)23-20-22-17(11-29-20)14-9-21-15-7-3-1-5-12(14)15/h1-9,11,21H,10H2,(H,22,23,27). The summed E-state index contributed by atoms with van der Waals surface area (Å²) in [5, 5.41) is 14.4. The van der Waals surface area contributed by atoms with Crippen molar-refractivity contribution in [3.8, 4) is 11.3 Å². The van der Waals surface area contributed by atoms with E-state index in [4.69, 9.17) is 0 Å². The number of carbonyl (C=O) groups is 1. The Hall–Kier alpha value is -3.85. The molecule has 0 atom stereocenters. The van der Waals surface area contributed by atoms with E-state index in [1.165, 1.54) is 11.3 Å². The molecule has 3 aromatic heterocycles. The van der Waals surface area contributed by atoms with E-state index in [9.17, 15) is 9.59 Å². The van der Waals surface area contributed by atoms with Crippen LogP contribution in [0.5, 0.6) is 0 Å². The van der Waals surface area contributed by atoms with Crippen molar-refractivity contribution in [2.24, 2.45) is 0 Å². The normalized spacial score (nSPS) is 11.2. The van der Waals surface area contributed by atoms with Crippen molar-refractivity contribution in [2.45, 2.75) is 6.54 Å². The first-order chi connectivity index (χ1) is 14.2. The van der Waals surface area contributed by atoms with Crippen molar-refractivity contribution in [2.75, 3.05) is 5.32 Å². The average Bonchev–Trinajstić information content (AvgIpc) is 3.37. The van der Waals surface area contributed by atoms with E-state index >= 15 is 0 Å². The number of hydrogen-bond acceptors (Lipinski definition) is 6. The molecule has 0 radical (unpaired) electrons. The lowest BCUT2D eigenvalue weighted by atomic mass is 10.1. The third-order valence-corrected chi connectivity index (χ3v) is 5.30. The van der Waals surface area contributed by atoms with Crippen LogP contribution in [0.25, 0.3) is 33.1 Å². The minimum absolute atomic E-state index is 0.237. The molecule has 0 aliphatic carbocycles. The van der Waals surface area contributed by atoms with Gasteiger partial charge in [0.2, 0.25) is 5.91 Å². The zero-order valence-electron chi connectivity index (χ0n) is 15.0. The van der Waals surface area contributed by atoms with Crippen LogP contribution in [0.15, 0.2) is 64.9 Å². The maximum absolute atomic E-state index is 12.5. The highest BCUT2D eigenvalue weighted by Crippen LogP contribution is 2.30. The molecule has 0 saturated heterocycles. The fourth-order valence-corrected chi connectivity index (χ4v) is 3.89. The van der Waals surface area contributed by atoms with Gasteiger partial charge in [0.15, 0.2) is 5.13 Å². The molecule has 5 rings (SSSR count). The quantitative estimate of drug-likeness (QED) is 0.481. The molecule has 5 aromatic rings. The highest BCUT2D eigenvalue weighted by atomic mass is 32.1. The number of rotatable bonds is 4. The van der Waals surface area contributed by atoms with Crippen LogP contribution in [0, 0.1) is 0 Å². The van der Waals surface area contributed by atoms with E-state index in [1.807, 2.05) is 35.8 Å². The first kappa shape index (κ1) is 17.3. The number of amides is 1. The molecule has 3 heterocycles. The summed E-state index contributed by atoms with van der Waals surface area (Å²) in [4.78, 5) is 32.6. The van der Waals surface area contributed by atoms with Gasteiger partial charge in [0.1, 0.15) is 12.1 Å². The first-order valence-electron chi connectivity index (χ1n) is 8.83. The van der Waals surface area contributed by atoms with Gasteiger partial charge in [-0.25, -0.2) is 9.67 Å². The summed E-state index contributed by atoms with van der Waals surface area (Å²) in [5.74, 6) is -0.392. The number of nitrogens with zero attached hydrogens (tertiary/aromatic N) is 4. The van der Waals surface area contributed by atoms with Gasteiger partial charge in [0, 0.05) is 28.0 Å². The van der Waals surface area contributed by atoms with Crippen LogP contribution >= 0.6 is 11.3 Å². The van der Waals surface area contributed by atoms with Crippen molar-refractivity contribution in [1.29, 1.82) is 0 Å². The number of para-hydroxylation sites is 1. The highest BCUT2D eigenvalue weighted by Gasteiger charge is 2.13. The number of H-pyrrole nitrogens is 1. The molecule has 0 aliphatic rings. The summed E-state index contributed by atoms with van der Waals surface area (Å²) in [6, 6.07) is 14.8. The average molecular weight is 402 g/mol. The second-order valence-corrected chi connectivity index (χ2v) is 7.26. The number of nitrogens with one attached hydrogen (secondary N) is 2. The monoisotopic (exact) mass is 402 g/mol. The van der Waals surface area contributed by atoms with Crippen molar-refractivity contribution in [3.05, 3.63) is 70.5 Å². The predicted molar refractivity (Wildman–Crippen MR) is 112 cm³/mol. The van der Waals surface area contributed by atoms with Crippen LogP contribution in [-0.2, 0) is 11.3 Å². The largest absolute Gasteiger partial charge is 0.360 e. The van der Waals surface area contributed by atoms with Gasteiger partial charge in [0.25, 0.3) is 5.56 Å². The van der Waals surface area contributed by atoms with Gasteiger partial charge in [-0.15, -0.1) is 16.4 Å². The Balaban J connectivity index is 1.36. The Morgan fingerprint density at radius 3 is 2.79 bits per heavy atom. The summed E-state index contributed by atoms with van der Waals surface area (Å²) >= 11 is 1.32. The van der Waals surface area contributed by atoms with Gasteiger partial charge in [-0.2, -0.15) is 0 Å². The van der Waals surface area contributed by atoms with Crippen LogP contribution in [0.4, 0.5) is 5.13 Å². The fraction of sp³-hybridized carbons (Fsp3) is 0.0500. The molecular formula is C20H14N6O2S. The number of carbonyl (C=O) groups excluding carboxylic acids is 1. The summed E-state index contributed by atoms with van der Waals surface area (Å²) in [6.07, 6.45) is 1.90. The van der Waals surface area contributed by atoms with Crippen LogP contribution in [0.1, 0.15) is 0 Å². The van der Waals surface area contributed by atoms with Crippen LogP contribution in [0.3, 0.4) is 0 Å². The Morgan fingerprint density at radius 2 is 1.90 bits per heavy atom. The molecular weight excluding hydrogens is 388 g/mol. The SMILES string of the molecule is O=C(Cn1nnc2ccccc2c1=O)Nc1nc(-c2c[nH]c3ccccc23)cs1. The lowest BCUT2D eigenvalue weighted by Crippen LogP contribution is -2.30. The molecule has 2 aromatic carbocycles. The maximum atomic E-state index is 12.5. The zero-order chi connectivity index (χ0) is 19.8. The number of anilines is 1. The van der Waals surface area contributed by atoms with Gasteiger partial charge in [-0.3, -0.25) is 9.59 Å². The number of aromatic nitrogens is 5. The molecule has 2 N–H and O–H groups in total. The lowest BCUT2D eigenvalue weighted by molar-refractivity contribution is -0.117. The molecule has 0 bridgehead atoms. The molecule has 0 aliphatic heterocycles. The third-order valence-electron chi connectivity index (χ3n) is 4.54. The summed E-state index contributed by atoms with van der Waals surface area (Å²) in [5.41, 5.74) is 2.90. The van der Waals surface area contributed by atoms with E-state index < -0.39 is 5.91 Å². The second kappa shape index (κ2) is 6.95. The van der Waals surface area contributed by atoms with E-state index in [1.54, 1.807) is 24.3 Å². The van der Waals surface area contributed by atoms with E-state index in [0.29, 0.717) is 16.0 Å². The molecule has 0 spiro atoms. The summed E-state index contributed by atoms with van der Waals surface area (Å²) in [6.45, 7) is -0.237. The number of fused-ring (bicyclic) bond motifs is 2. The molecule has 0 unspecified atom stereocenters. The topological polar surface area (TPSA) is 106 Å². The van der Waals surface area contributed by atoms with E-state index in [0.717, 1.165) is 26.8 Å². The predicted octanol–water partition coefficient (Wildman–Crippen LogP) is 3.04. The zero-order valence-corrected chi connectivity index (χ0v) is 15.8. The van der Waals surface area contributed by atoms with Crippen molar-refractivity contribution < 1.29 is 4.79 Å². The van der Waals surface area contributed by atoms with Gasteiger partial charge < -0.3 is 10.3 Å². The number of hydrogen-bond donors (Lipinski definition) is 2. The summed E-state index contributed by atoms with van der Waals surface area (Å²) in [7, 11) is 0. The van der Waals surface area contributed by atoms with Gasteiger partial charge in [0.05, 0.1) is 11.1 Å². The van der Waals surface area contributed by atoms with Crippen LogP contribution < -0.4 is 10.9 Å². The van der Waals surface area contributed by atoms with E-state index in [-0.39, 0.29) is 12.1 Å². The number of thiazole rings is 1. The molecule has 9 heteroatoms. The van der Waals surface area contributed by atoms with Crippen molar-refractivity contribution in [1.82, 2.24) is 25.0 Å². The minimum Gasteiger partial charge on any atom is -0.360 e. The lowest BCUT2D eigenvalue weighted by Gasteiger charge is -2.04. The Kier molecular flexibility index (Phi) is 4.14. The Labute approximate surface area is 167 Å². The molecule has 0 fully saturated rings. The minimum atomic E-state index is -0.392.